The van der Waals surface area contributed by atoms with Crippen LogP contribution < -0.4 is 5.56 Å². The average Bonchev–Trinajstić information content (AvgIpc) is 2.35. The first-order chi connectivity index (χ1) is 9.06. The van der Waals surface area contributed by atoms with Gasteiger partial charge in [0.2, 0.25) is 0 Å². The third kappa shape index (κ3) is 3.64. The number of carbonyl (C=O) groups is 1. The van der Waals surface area contributed by atoms with Crippen molar-refractivity contribution in [2.45, 2.75) is 45.1 Å². The number of aromatic nitrogens is 2. The van der Waals surface area contributed by atoms with E-state index in [1.807, 2.05) is 0 Å². The molecule has 1 aromatic heterocycles. The van der Waals surface area contributed by atoms with Crippen LogP contribution in [-0.4, -0.2) is 33.8 Å². The summed E-state index contributed by atoms with van der Waals surface area (Å²) < 4.78 is 5.60. The van der Waals surface area contributed by atoms with E-state index in [9.17, 15) is 9.59 Å². The number of nitrogens with one attached hydrogen (secondary N) is 1. The van der Waals surface area contributed by atoms with Crippen LogP contribution in [-0.2, 0) is 22.4 Å². The number of aromatic amines is 1. The van der Waals surface area contributed by atoms with Crippen molar-refractivity contribution in [2.24, 2.45) is 0 Å². The van der Waals surface area contributed by atoms with Crippen molar-refractivity contribution >= 4 is 5.97 Å². The van der Waals surface area contributed by atoms with Gasteiger partial charge in [0.25, 0.3) is 5.56 Å². The Balaban J connectivity index is 2.14. The van der Waals surface area contributed by atoms with Gasteiger partial charge >= 0.3 is 5.97 Å². The molecule has 2 rings (SSSR count). The van der Waals surface area contributed by atoms with Gasteiger partial charge in [-0.05, 0) is 26.2 Å². The van der Waals surface area contributed by atoms with Crippen molar-refractivity contribution < 1.29 is 14.6 Å². The number of carboxylic acids is 1. The van der Waals surface area contributed by atoms with Crippen molar-refractivity contribution in [3.05, 3.63) is 27.4 Å². The van der Waals surface area contributed by atoms with E-state index in [0.717, 1.165) is 25.9 Å². The molecule has 0 aliphatic carbocycles. The van der Waals surface area contributed by atoms with E-state index in [-0.39, 0.29) is 23.6 Å². The zero-order chi connectivity index (χ0) is 13.8. The molecule has 2 heterocycles. The highest BCUT2D eigenvalue weighted by Gasteiger charge is 2.17. The van der Waals surface area contributed by atoms with E-state index in [2.05, 4.69) is 9.97 Å². The van der Waals surface area contributed by atoms with Crippen LogP contribution in [0.3, 0.4) is 0 Å². The molecule has 0 bridgehead atoms. The summed E-state index contributed by atoms with van der Waals surface area (Å²) in [7, 11) is 0. The van der Waals surface area contributed by atoms with Crippen molar-refractivity contribution in [1.82, 2.24) is 9.97 Å². The molecule has 6 heteroatoms. The van der Waals surface area contributed by atoms with Gasteiger partial charge in [0.05, 0.1) is 12.5 Å². The molecule has 1 saturated heterocycles. The minimum atomic E-state index is -1.03. The number of aliphatic carboxylic acids is 1. The monoisotopic (exact) mass is 266 g/mol. The van der Waals surface area contributed by atoms with E-state index in [1.165, 1.54) is 0 Å². The van der Waals surface area contributed by atoms with Gasteiger partial charge in [-0.15, -0.1) is 0 Å². The second-order valence-corrected chi connectivity index (χ2v) is 4.84. The van der Waals surface area contributed by atoms with Crippen LogP contribution in [0, 0.1) is 6.92 Å². The highest BCUT2D eigenvalue weighted by atomic mass is 16.5. The number of nitrogens with zero attached hydrogens (tertiary/aromatic N) is 1. The Labute approximate surface area is 110 Å². The lowest BCUT2D eigenvalue weighted by atomic mass is 10.1. The molecule has 2 N–H and O–H groups in total. The summed E-state index contributed by atoms with van der Waals surface area (Å²) in [5.41, 5.74) is 0.346. The first-order valence-corrected chi connectivity index (χ1v) is 6.48. The quantitative estimate of drug-likeness (QED) is 0.841. The molecule has 19 heavy (non-hydrogen) atoms. The minimum Gasteiger partial charge on any atom is -0.481 e. The standard InChI is InChI=1S/C13H18N2O4/c1-8-10(7-12(16)17)13(18)15-11(14-8)6-9-4-2-3-5-19-9/h9H,2-7H2,1H3,(H,16,17)(H,14,15,18). The summed E-state index contributed by atoms with van der Waals surface area (Å²) in [5.74, 6) is -0.456. The summed E-state index contributed by atoms with van der Waals surface area (Å²) >= 11 is 0. The first-order valence-electron chi connectivity index (χ1n) is 6.48. The van der Waals surface area contributed by atoms with Gasteiger partial charge in [-0.25, -0.2) is 4.98 Å². The Kier molecular flexibility index (Phi) is 4.31. The molecule has 1 unspecified atom stereocenters. The molecule has 1 fully saturated rings. The number of hydrogen-bond acceptors (Lipinski definition) is 4. The summed E-state index contributed by atoms with van der Waals surface area (Å²) in [6.07, 6.45) is 3.56. The molecule has 6 nitrogen and oxygen atoms in total. The second kappa shape index (κ2) is 5.97. The fourth-order valence-electron chi connectivity index (χ4n) is 2.31. The molecule has 0 amide bonds. The largest absolute Gasteiger partial charge is 0.481 e. The van der Waals surface area contributed by atoms with Crippen LogP contribution in [0.2, 0.25) is 0 Å². The molecule has 1 aliphatic heterocycles. The van der Waals surface area contributed by atoms with E-state index in [4.69, 9.17) is 9.84 Å². The van der Waals surface area contributed by atoms with Crippen LogP contribution in [0.4, 0.5) is 0 Å². The van der Waals surface area contributed by atoms with Gasteiger partial charge in [-0.1, -0.05) is 0 Å². The molecule has 0 radical (unpaired) electrons. The Morgan fingerprint density at radius 1 is 1.53 bits per heavy atom. The van der Waals surface area contributed by atoms with Crippen molar-refractivity contribution in [2.75, 3.05) is 6.61 Å². The van der Waals surface area contributed by atoms with Gasteiger partial charge in [-0.2, -0.15) is 0 Å². The maximum atomic E-state index is 11.8. The Morgan fingerprint density at radius 2 is 2.32 bits per heavy atom. The zero-order valence-corrected chi connectivity index (χ0v) is 10.9. The zero-order valence-electron chi connectivity index (χ0n) is 10.9. The third-order valence-electron chi connectivity index (χ3n) is 3.29. The van der Waals surface area contributed by atoms with Crippen LogP contribution in [0.15, 0.2) is 4.79 Å². The smallest absolute Gasteiger partial charge is 0.308 e. The fourth-order valence-corrected chi connectivity index (χ4v) is 2.31. The van der Waals surface area contributed by atoms with E-state index < -0.39 is 5.97 Å². The van der Waals surface area contributed by atoms with Crippen molar-refractivity contribution in [3.8, 4) is 0 Å². The van der Waals surface area contributed by atoms with Crippen LogP contribution in [0.1, 0.15) is 36.3 Å². The lowest BCUT2D eigenvalue weighted by Crippen LogP contribution is -2.26. The summed E-state index contributed by atoms with van der Waals surface area (Å²) in [4.78, 5) is 29.5. The fraction of sp³-hybridized carbons (Fsp3) is 0.615. The molecule has 1 aromatic rings. The number of aryl methyl sites for hydroxylation is 1. The van der Waals surface area contributed by atoms with Gasteiger partial charge in [0.15, 0.2) is 0 Å². The highest BCUT2D eigenvalue weighted by molar-refractivity contribution is 5.70. The Morgan fingerprint density at radius 3 is 2.89 bits per heavy atom. The maximum Gasteiger partial charge on any atom is 0.308 e. The predicted octanol–water partition coefficient (Wildman–Crippen LogP) is 0.817. The van der Waals surface area contributed by atoms with Gasteiger partial charge in [0.1, 0.15) is 5.82 Å². The van der Waals surface area contributed by atoms with Crippen molar-refractivity contribution in [1.29, 1.82) is 0 Å². The minimum absolute atomic E-state index is 0.0987. The summed E-state index contributed by atoms with van der Waals surface area (Å²) in [6.45, 7) is 2.42. The molecule has 0 saturated carbocycles. The van der Waals surface area contributed by atoms with Gasteiger partial charge in [-0.3, -0.25) is 9.59 Å². The lowest BCUT2D eigenvalue weighted by Gasteiger charge is -2.22. The number of ether oxygens (including phenoxy) is 1. The van der Waals surface area contributed by atoms with Crippen LogP contribution in [0.5, 0.6) is 0 Å². The second-order valence-electron chi connectivity index (χ2n) is 4.84. The van der Waals surface area contributed by atoms with Crippen LogP contribution >= 0.6 is 0 Å². The third-order valence-corrected chi connectivity index (χ3v) is 3.29. The predicted molar refractivity (Wildman–Crippen MR) is 68.2 cm³/mol. The van der Waals surface area contributed by atoms with Crippen LogP contribution in [0.25, 0.3) is 0 Å². The normalized spacial score (nSPS) is 19.3. The van der Waals surface area contributed by atoms with Crippen molar-refractivity contribution in [3.63, 3.8) is 0 Å². The number of H-pyrrole nitrogens is 1. The number of hydrogen-bond donors (Lipinski definition) is 2. The Hall–Kier alpha value is -1.69. The maximum absolute atomic E-state index is 11.8. The van der Waals surface area contributed by atoms with E-state index >= 15 is 0 Å². The number of rotatable bonds is 4. The summed E-state index contributed by atoms with van der Waals surface area (Å²) in [6, 6.07) is 0. The first kappa shape index (κ1) is 13.7. The Bertz CT molecular complexity index is 518. The summed E-state index contributed by atoms with van der Waals surface area (Å²) in [5, 5.41) is 8.75. The molecule has 0 spiro atoms. The number of carboxylic acid groups (broad SMARTS) is 1. The molecular weight excluding hydrogens is 248 g/mol. The molecule has 1 aliphatic rings. The molecule has 104 valence electrons. The van der Waals surface area contributed by atoms with Gasteiger partial charge in [0, 0.05) is 24.3 Å². The SMILES string of the molecule is Cc1nc(CC2CCCCO2)[nH]c(=O)c1CC(=O)O. The highest BCUT2D eigenvalue weighted by Crippen LogP contribution is 2.15. The van der Waals surface area contributed by atoms with Gasteiger partial charge < -0.3 is 14.8 Å². The van der Waals surface area contributed by atoms with E-state index in [1.54, 1.807) is 6.92 Å². The topological polar surface area (TPSA) is 92.3 Å². The van der Waals surface area contributed by atoms with E-state index in [0.29, 0.717) is 17.9 Å². The molecule has 1 atom stereocenters. The molecular formula is C13H18N2O4. The molecule has 0 aromatic carbocycles. The lowest BCUT2D eigenvalue weighted by molar-refractivity contribution is -0.136. The average molecular weight is 266 g/mol.